The summed E-state index contributed by atoms with van der Waals surface area (Å²) >= 11 is 0. The third-order valence-electron chi connectivity index (χ3n) is 6.92. The monoisotopic (exact) mass is 454 g/mol. The van der Waals surface area contributed by atoms with E-state index in [4.69, 9.17) is 9.47 Å². The number of ether oxygens (including phenoxy) is 2. The van der Waals surface area contributed by atoms with Crippen LogP contribution in [-0.4, -0.2) is 20.0 Å². The van der Waals surface area contributed by atoms with Crippen LogP contribution >= 0.6 is 0 Å². The highest BCUT2D eigenvalue weighted by atomic mass is 16.5. The molecule has 0 spiro atoms. The van der Waals surface area contributed by atoms with E-state index in [1.165, 1.54) is 11.1 Å². The van der Waals surface area contributed by atoms with Crippen LogP contribution in [-0.2, 0) is 11.2 Å². The average molecular weight is 455 g/mol. The fourth-order valence-electron chi connectivity index (χ4n) is 5.05. The van der Waals surface area contributed by atoms with Crippen molar-refractivity contribution in [2.75, 3.05) is 24.9 Å². The summed E-state index contributed by atoms with van der Waals surface area (Å²) in [5.74, 6) is 1.73. The smallest absolute Gasteiger partial charge is 0.163 e. The Morgan fingerprint density at radius 3 is 2.38 bits per heavy atom. The molecule has 5 nitrogen and oxygen atoms in total. The molecule has 0 saturated heterocycles. The van der Waals surface area contributed by atoms with Gasteiger partial charge in [0.05, 0.1) is 31.6 Å². The number of aryl methyl sites for hydroxylation is 1. The van der Waals surface area contributed by atoms with Crippen molar-refractivity contribution in [3.05, 3.63) is 94.7 Å². The summed E-state index contributed by atoms with van der Waals surface area (Å²) in [5, 5.41) is 7.23. The summed E-state index contributed by atoms with van der Waals surface area (Å²) in [6, 6.07) is 22.1. The van der Waals surface area contributed by atoms with Crippen LogP contribution in [0.1, 0.15) is 48.4 Å². The van der Waals surface area contributed by atoms with Gasteiger partial charge in [0, 0.05) is 23.3 Å². The van der Waals surface area contributed by atoms with Gasteiger partial charge in [0.2, 0.25) is 0 Å². The van der Waals surface area contributed by atoms with Gasteiger partial charge in [-0.2, -0.15) is 0 Å². The van der Waals surface area contributed by atoms with Crippen molar-refractivity contribution in [3.8, 4) is 11.5 Å². The molecule has 0 radical (unpaired) electrons. The van der Waals surface area contributed by atoms with Gasteiger partial charge in [-0.15, -0.1) is 0 Å². The summed E-state index contributed by atoms with van der Waals surface area (Å²) in [6.07, 6.45) is 2.26. The summed E-state index contributed by atoms with van der Waals surface area (Å²) < 4.78 is 11.2. The molecule has 1 aliphatic carbocycles. The Kier molecular flexibility index (Phi) is 6.01. The SMILES string of the molecule is CCc1ccc(C2CC(=O)C3=C(C2)Nc2ccccc2NC3c2cc(OC)ccc2OC)cc1. The van der Waals surface area contributed by atoms with E-state index >= 15 is 0 Å². The van der Waals surface area contributed by atoms with Crippen LogP contribution in [0.2, 0.25) is 0 Å². The molecule has 34 heavy (non-hydrogen) atoms. The first-order valence-electron chi connectivity index (χ1n) is 11.8. The summed E-state index contributed by atoms with van der Waals surface area (Å²) in [5.41, 5.74) is 7.04. The molecule has 0 saturated carbocycles. The Hall–Kier alpha value is -3.73. The molecule has 1 heterocycles. The zero-order chi connectivity index (χ0) is 23.7. The van der Waals surface area contributed by atoms with Gasteiger partial charge < -0.3 is 20.1 Å². The predicted molar refractivity (Wildman–Crippen MR) is 136 cm³/mol. The molecule has 2 atom stereocenters. The molecule has 0 fully saturated rings. The fourth-order valence-corrected chi connectivity index (χ4v) is 5.05. The van der Waals surface area contributed by atoms with Crippen LogP contribution in [0.4, 0.5) is 11.4 Å². The molecule has 5 heteroatoms. The fraction of sp³-hybridized carbons (Fsp3) is 0.276. The minimum Gasteiger partial charge on any atom is -0.497 e. The summed E-state index contributed by atoms with van der Waals surface area (Å²) in [7, 11) is 3.30. The molecule has 0 amide bonds. The second kappa shape index (κ2) is 9.26. The molecule has 2 N–H and O–H groups in total. The highest BCUT2D eigenvalue weighted by molar-refractivity contribution is 6.01. The Morgan fingerprint density at radius 1 is 0.912 bits per heavy atom. The van der Waals surface area contributed by atoms with Gasteiger partial charge in [-0.25, -0.2) is 0 Å². The van der Waals surface area contributed by atoms with Crippen LogP contribution in [0.25, 0.3) is 0 Å². The summed E-state index contributed by atoms with van der Waals surface area (Å²) in [6.45, 7) is 2.16. The Labute approximate surface area is 200 Å². The molecule has 0 bridgehead atoms. The number of hydrogen-bond acceptors (Lipinski definition) is 5. The number of fused-ring (bicyclic) bond motifs is 1. The van der Waals surface area contributed by atoms with Crippen LogP contribution in [0.3, 0.4) is 0 Å². The number of Topliss-reactive ketones (excluding diaryl/α,β-unsaturated/α-hetero) is 1. The van der Waals surface area contributed by atoms with Crippen LogP contribution in [0, 0.1) is 0 Å². The molecule has 3 aromatic rings. The molecular formula is C29H30N2O3. The van der Waals surface area contributed by atoms with E-state index in [-0.39, 0.29) is 17.7 Å². The lowest BCUT2D eigenvalue weighted by Crippen LogP contribution is -2.27. The summed E-state index contributed by atoms with van der Waals surface area (Å²) in [4.78, 5) is 13.8. The van der Waals surface area contributed by atoms with Crippen molar-refractivity contribution in [1.29, 1.82) is 0 Å². The van der Waals surface area contributed by atoms with Crippen LogP contribution in [0.5, 0.6) is 11.5 Å². The lowest BCUT2D eigenvalue weighted by molar-refractivity contribution is -0.116. The van der Waals surface area contributed by atoms with E-state index in [0.29, 0.717) is 6.42 Å². The Morgan fingerprint density at radius 2 is 1.68 bits per heavy atom. The third kappa shape index (κ3) is 4.03. The van der Waals surface area contributed by atoms with Gasteiger partial charge in [-0.05, 0) is 60.2 Å². The number of anilines is 2. The Balaban J connectivity index is 1.62. The maximum absolute atomic E-state index is 13.8. The molecule has 1 aliphatic heterocycles. The zero-order valence-electron chi connectivity index (χ0n) is 19.9. The average Bonchev–Trinajstić information content (AvgIpc) is 3.05. The largest absolute Gasteiger partial charge is 0.497 e. The van der Waals surface area contributed by atoms with Gasteiger partial charge in [-0.1, -0.05) is 43.3 Å². The van der Waals surface area contributed by atoms with E-state index in [2.05, 4.69) is 41.8 Å². The first-order chi connectivity index (χ1) is 16.6. The van der Waals surface area contributed by atoms with Crippen molar-refractivity contribution in [1.82, 2.24) is 0 Å². The van der Waals surface area contributed by atoms with Gasteiger partial charge in [0.25, 0.3) is 0 Å². The maximum Gasteiger partial charge on any atom is 0.163 e. The Bertz CT molecular complexity index is 1250. The zero-order valence-corrected chi connectivity index (χ0v) is 19.9. The first kappa shape index (κ1) is 22.1. The standard InChI is InChI=1S/C29H30N2O3/c1-4-18-9-11-19(12-10-18)20-15-25-28(26(32)16-20)29(31-24-8-6-5-7-23(24)30-25)22-17-21(33-2)13-14-27(22)34-3/h5-14,17,20,29-31H,4,15-16H2,1-3H3. The second-order valence-corrected chi connectivity index (χ2v) is 8.87. The first-order valence-corrected chi connectivity index (χ1v) is 11.8. The highest BCUT2D eigenvalue weighted by Crippen LogP contribution is 2.46. The number of carbonyl (C=O) groups is 1. The number of allylic oxidation sites excluding steroid dienone is 1. The van der Waals surface area contributed by atoms with Gasteiger partial charge in [0.1, 0.15) is 11.5 Å². The van der Waals surface area contributed by atoms with Crippen molar-refractivity contribution in [3.63, 3.8) is 0 Å². The van der Waals surface area contributed by atoms with Gasteiger partial charge in [-0.3, -0.25) is 4.79 Å². The van der Waals surface area contributed by atoms with Gasteiger partial charge >= 0.3 is 0 Å². The number of nitrogens with one attached hydrogen (secondary N) is 2. The van der Waals surface area contributed by atoms with Crippen molar-refractivity contribution < 1.29 is 14.3 Å². The minimum atomic E-state index is -0.355. The number of rotatable bonds is 5. The van der Waals surface area contributed by atoms with Crippen molar-refractivity contribution in [2.45, 2.75) is 38.1 Å². The van der Waals surface area contributed by atoms with Crippen molar-refractivity contribution >= 4 is 17.2 Å². The molecule has 0 aromatic heterocycles. The number of hydrogen-bond donors (Lipinski definition) is 2. The number of carbonyl (C=O) groups excluding carboxylic acids is 1. The molecule has 3 aromatic carbocycles. The number of benzene rings is 3. The van der Waals surface area contributed by atoms with Crippen LogP contribution in [0.15, 0.2) is 78.0 Å². The lowest BCUT2D eigenvalue weighted by Gasteiger charge is -2.30. The number of para-hydroxylation sites is 2. The number of methoxy groups -OCH3 is 2. The van der Waals surface area contributed by atoms with E-state index in [1.54, 1.807) is 14.2 Å². The predicted octanol–water partition coefficient (Wildman–Crippen LogP) is 6.25. The minimum absolute atomic E-state index is 0.141. The van der Waals surface area contributed by atoms with Gasteiger partial charge in [0.15, 0.2) is 5.78 Å². The highest BCUT2D eigenvalue weighted by Gasteiger charge is 2.37. The maximum atomic E-state index is 13.8. The molecule has 5 rings (SSSR count). The second-order valence-electron chi connectivity index (χ2n) is 8.87. The quantitative estimate of drug-likeness (QED) is 0.477. The third-order valence-corrected chi connectivity index (χ3v) is 6.92. The topological polar surface area (TPSA) is 59.6 Å². The molecule has 2 unspecified atom stereocenters. The lowest BCUT2D eigenvalue weighted by atomic mass is 9.78. The van der Waals surface area contributed by atoms with E-state index in [1.807, 2.05) is 42.5 Å². The molecule has 174 valence electrons. The van der Waals surface area contributed by atoms with E-state index in [0.717, 1.165) is 52.5 Å². The normalized spacial score (nSPS) is 19.3. The van der Waals surface area contributed by atoms with E-state index < -0.39 is 0 Å². The molecule has 2 aliphatic rings. The van der Waals surface area contributed by atoms with Crippen LogP contribution < -0.4 is 20.1 Å². The molecular weight excluding hydrogens is 424 g/mol. The van der Waals surface area contributed by atoms with Crippen molar-refractivity contribution in [2.24, 2.45) is 0 Å². The number of ketones is 1. The van der Waals surface area contributed by atoms with E-state index in [9.17, 15) is 4.79 Å².